The molecule has 5 heteroatoms. The third-order valence-corrected chi connectivity index (χ3v) is 12.8. The van der Waals surface area contributed by atoms with Gasteiger partial charge < -0.3 is 24.1 Å². The lowest BCUT2D eigenvalue weighted by Gasteiger charge is -2.63. The quantitative estimate of drug-likeness (QED) is 0.486. The number of hydrogen-bond donors (Lipinski definition) is 1. The van der Waals surface area contributed by atoms with Crippen molar-refractivity contribution < 1.29 is 24.1 Å². The van der Waals surface area contributed by atoms with Crippen LogP contribution in [0.25, 0.3) is 0 Å². The van der Waals surface area contributed by atoms with E-state index in [2.05, 4.69) is 41.5 Å². The van der Waals surface area contributed by atoms with Crippen molar-refractivity contribution >= 4 is 0 Å². The molecule has 0 aromatic rings. The number of fused-ring (bicyclic) bond motifs is 10. The summed E-state index contributed by atoms with van der Waals surface area (Å²) in [6.45, 7) is 14.9. The summed E-state index contributed by atoms with van der Waals surface area (Å²) in [5, 5.41) is 10.7. The van der Waals surface area contributed by atoms with E-state index in [4.69, 9.17) is 18.9 Å². The summed E-state index contributed by atoms with van der Waals surface area (Å²) in [6.07, 6.45) is 9.23. The number of ether oxygens (including phenoxy) is 4. The minimum Gasteiger partial charge on any atom is -0.393 e. The first-order valence-electron chi connectivity index (χ1n) is 14.8. The largest absolute Gasteiger partial charge is 0.393 e. The lowest BCUT2D eigenvalue weighted by atomic mass is 9.43. The zero-order chi connectivity index (χ0) is 24.5. The topological polar surface area (TPSA) is 57.2 Å². The van der Waals surface area contributed by atoms with Crippen molar-refractivity contribution in [3.05, 3.63) is 0 Å². The first-order valence-corrected chi connectivity index (χ1v) is 14.8. The predicted molar refractivity (Wildman–Crippen MR) is 132 cm³/mol. The van der Waals surface area contributed by atoms with Crippen LogP contribution in [-0.2, 0) is 18.9 Å². The fourth-order valence-corrected chi connectivity index (χ4v) is 11.2. The highest BCUT2D eigenvalue weighted by molar-refractivity contribution is 5.19. The van der Waals surface area contributed by atoms with Crippen LogP contribution in [0.2, 0.25) is 0 Å². The second kappa shape index (κ2) is 7.46. The minimum atomic E-state index is -0.545. The van der Waals surface area contributed by atoms with Crippen molar-refractivity contribution in [2.75, 3.05) is 6.61 Å². The summed E-state index contributed by atoms with van der Waals surface area (Å²) in [4.78, 5) is 0. The molecule has 4 aliphatic carbocycles. The molecule has 1 N–H and O–H groups in total. The van der Waals surface area contributed by atoms with E-state index in [0.717, 1.165) is 38.7 Å². The van der Waals surface area contributed by atoms with Crippen LogP contribution in [0.1, 0.15) is 92.9 Å². The van der Waals surface area contributed by atoms with Crippen molar-refractivity contribution in [1.82, 2.24) is 0 Å². The van der Waals surface area contributed by atoms with Crippen LogP contribution in [-0.4, -0.2) is 47.7 Å². The fraction of sp³-hybridized carbons (Fsp3) is 1.00. The zero-order valence-corrected chi connectivity index (χ0v) is 22.8. The first kappa shape index (κ1) is 23.9. The van der Waals surface area contributed by atoms with Crippen LogP contribution in [0.15, 0.2) is 0 Å². The number of aliphatic hydroxyl groups excluding tert-OH is 1. The molecule has 7 fully saturated rings. The Balaban J connectivity index is 1.24. The van der Waals surface area contributed by atoms with E-state index in [-0.39, 0.29) is 34.9 Å². The number of hydrogen-bond acceptors (Lipinski definition) is 5. The molecule has 5 nitrogen and oxygen atoms in total. The molecule has 1 unspecified atom stereocenters. The Kier molecular flexibility index (Phi) is 5.09. The second-order valence-corrected chi connectivity index (χ2v) is 14.9. The van der Waals surface area contributed by atoms with Gasteiger partial charge in [0.2, 0.25) is 0 Å². The molecule has 198 valence electrons. The SMILES string of the molecule is CC1CC[C@@]2(OC1)O[C@H]1C[C@H]3[C@@H]4[C@H]5OC(C)(C)O[C@@H]5[C@H]5C[C@@H](O)CC[C@]5(C)[C@H]4CC[C@]3(C)[C@H]1[C@@H]2C. The smallest absolute Gasteiger partial charge is 0.171 e. The molecule has 0 amide bonds. The van der Waals surface area contributed by atoms with Gasteiger partial charge in [0.1, 0.15) is 0 Å². The molecule has 0 bridgehead atoms. The van der Waals surface area contributed by atoms with E-state index in [9.17, 15) is 5.11 Å². The van der Waals surface area contributed by atoms with Gasteiger partial charge in [-0.05, 0) is 105 Å². The van der Waals surface area contributed by atoms with Gasteiger partial charge in [-0.15, -0.1) is 0 Å². The van der Waals surface area contributed by atoms with Crippen LogP contribution in [0.3, 0.4) is 0 Å². The molecule has 4 saturated carbocycles. The molecule has 0 aromatic heterocycles. The Morgan fingerprint density at radius 3 is 2.23 bits per heavy atom. The maximum Gasteiger partial charge on any atom is 0.171 e. The van der Waals surface area contributed by atoms with Crippen molar-refractivity contribution in [2.45, 2.75) is 129 Å². The highest BCUT2D eigenvalue weighted by atomic mass is 16.8. The van der Waals surface area contributed by atoms with E-state index in [0.29, 0.717) is 47.5 Å². The molecule has 7 rings (SSSR count). The average Bonchev–Trinajstić information content (AvgIpc) is 3.37. The Bertz CT molecular complexity index is 865. The Morgan fingerprint density at radius 1 is 0.743 bits per heavy atom. The minimum absolute atomic E-state index is 0.0989. The Hall–Kier alpha value is -0.200. The molecule has 14 atom stereocenters. The van der Waals surface area contributed by atoms with Crippen LogP contribution in [0.5, 0.6) is 0 Å². The van der Waals surface area contributed by atoms with Crippen LogP contribution in [0.4, 0.5) is 0 Å². The fourth-order valence-electron chi connectivity index (χ4n) is 11.2. The third-order valence-electron chi connectivity index (χ3n) is 12.8. The van der Waals surface area contributed by atoms with Crippen molar-refractivity contribution in [1.29, 1.82) is 0 Å². The highest BCUT2D eigenvalue weighted by Crippen LogP contribution is 2.72. The average molecular weight is 489 g/mol. The van der Waals surface area contributed by atoms with E-state index in [1.807, 2.05) is 0 Å². The summed E-state index contributed by atoms with van der Waals surface area (Å²) < 4.78 is 27.0. The third kappa shape index (κ3) is 3.11. The van der Waals surface area contributed by atoms with E-state index in [1.165, 1.54) is 19.3 Å². The summed E-state index contributed by atoms with van der Waals surface area (Å²) in [6, 6.07) is 0. The summed E-state index contributed by atoms with van der Waals surface area (Å²) in [5.41, 5.74) is 0.489. The number of rotatable bonds is 0. The summed E-state index contributed by atoms with van der Waals surface area (Å²) >= 11 is 0. The molecule has 3 aliphatic heterocycles. The molecular weight excluding hydrogens is 440 g/mol. The maximum absolute atomic E-state index is 10.7. The van der Waals surface area contributed by atoms with Crippen molar-refractivity contribution in [3.8, 4) is 0 Å². The number of aliphatic hydroxyl groups is 1. The molecule has 0 aromatic carbocycles. The monoisotopic (exact) mass is 488 g/mol. The maximum atomic E-state index is 10.7. The van der Waals surface area contributed by atoms with Gasteiger partial charge in [0.25, 0.3) is 0 Å². The van der Waals surface area contributed by atoms with Gasteiger partial charge in [-0.25, -0.2) is 0 Å². The normalized spacial score (nSPS) is 62.7. The van der Waals surface area contributed by atoms with Crippen LogP contribution < -0.4 is 0 Å². The van der Waals surface area contributed by atoms with Crippen molar-refractivity contribution in [3.63, 3.8) is 0 Å². The summed E-state index contributed by atoms with van der Waals surface area (Å²) in [7, 11) is 0. The van der Waals surface area contributed by atoms with Gasteiger partial charge in [-0.1, -0.05) is 27.7 Å². The molecule has 7 aliphatic rings. The zero-order valence-electron chi connectivity index (χ0n) is 22.8. The van der Waals surface area contributed by atoms with E-state index in [1.54, 1.807) is 0 Å². The van der Waals surface area contributed by atoms with Crippen molar-refractivity contribution in [2.24, 2.45) is 52.3 Å². The van der Waals surface area contributed by atoms with Crippen LogP contribution >= 0.6 is 0 Å². The molecular formula is C30H48O5. The molecule has 35 heavy (non-hydrogen) atoms. The van der Waals surface area contributed by atoms with Crippen LogP contribution in [0, 0.1) is 52.3 Å². The van der Waals surface area contributed by atoms with E-state index >= 15 is 0 Å². The van der Waals surface area contributed by atoms with Gasteiger partial charge >= 0.3 is 0 Å². The van der Waals surface area contributed by atoms with Gasteiger partial charge in [-0.2, -0.15) is 0 Å². The second-order valence-electron chi connectivity index (χ2n) is 14.9. The van der Waals surface area contributed by atoms with Gasteiger partial charge in [0, 0.05) is 12.3 Å². The lowest BCUT2D eigenvalue weighted by Crippen LogP contribution is -2.63. The van der Waals surface area contributed by atoms with Gasteiger partial charge in [-0.3, -0.25) is 0 Å². The first-order chi connectivity index (χ1) is 16.5. The van der Waals surface area contributed by atoms with Gasteiger partial charge in [0.15, 0.2) is 11.6 Å². The summed E-state index contributed by atoms with van der Waals surface area (Å²) in [5.74, 6) is 2.90. The molecule has 3 heterocycles. The molecule has 1 spiro atoms. The molecule has 3 saturated heterocycles. The lowest BCUT2D eigenvalue weighted by molar-refractivity contribution is -0.274. The Labute approximate surface area is 212 Å². The predicted octanol–water partition coefficient (Wildman–Crippen LogP) is 5.53. The molecule has 0 radical (unpaired) electrons. The standard InChI is InChI=1S/C30H48O5/c1-16-7-12-30(32-15-16)17(2)24-22(33-30)14-20-23-19(9-11-29(20,24)6)28(5)10-8-18(31)13-21(28)25-26(23)35-27(3,4)34-25/h16-26,31H,7-15H2,1-6H3/t16?,17-,18-,19-,20-,21+,22-,23+,24-,25+,26+,28+,29-,30+/m0/s1. The van der Waals surface area contributed by atoms with Gasteiger partial charge in [0.05, 0.1) is 31.0 Å². The highest BCUT2D eigenvalue weighted by Gasteiger charge is 2.73. The van der Waals surface area contributed by atoms with E-state index < -0.39 is 5.79 Å². The Morgan fingerprint density at radius 2 is 1.49 bits per heavy atom.